The highest BCUT2D eigenvalue weighted by molar-refractivity contribution is 5.79. The second-order valence-corrected chi connectivity index (χ2v) is 6.82. The number of guanidine groups is 1. The van der Waals surface area contributed by atoms with Crippen LogP contribution in [0.15, 0.2) is 29.3 Å². The number of hydrogen-bond acceptors (Lipinski definition) is 3. The number of morpholine rings is 1. The zero-order chi connectivity index (χ0) is 17.0. The van der Waals surface area contributed by atoms with Gasteiger partial charge in [0.15, 0.2) is 5.96 Å². The van der Waals surface area contributed by atoms with Crippen molar-refractivity contribution in [2.45, 2.75) is 24.4 Å². The minimum absolute atomic E-state index is 0.0927. The fraction of sp³-hybridized carbons (Fsp3) is 0.611. The number of nitrogens with zero attached hydrogens (tertiary/aromatic N) is 2. The average molecular weight is 334 g/mol. The zero-order valence-electron chi connectivity index (χ0n) is 14.5. The third kappa shape index (κ3) is 4.05. The van der Waals surface area contributed by atoms with E-state index in [2.05, 4.69) is 27.6 Å². The van der Waals surface area contributed by atoms with Gasteiger partial charge in [0.05, 0.1) is 12.7 Å². The van der Waals surface area contributed by atoms with Crippen molar-refractivity contribution in [1.29, 1.82) is 0 Å². The van der Waals surface area contributed by atoms with Crippen LogP contribution in [0.5, 0.6) is 0 Å². The van der Waals surface area contributed by atoms with Gasteiger partial charge in [0.25, 0.3) is 0 Å². The van der Waals surface area contributed by atoms with Crippen molar-refractivity contribution in [3.8, 4) is 0 Å². The van der Waals surface area contributed by atoms with E-state index in [9.17, 15) is 4.39 Å². The molecule has 0 amide bonds. The highest BCUT2D eigenvalue weighted by atomic mass is 19.1. The molecule has 1 aromatic rings. The molecule has 2 N–H and O–H groups in total. The molecule has 132 valence electrons. The van der Waals surface area contributed by atoms with Crippen LogP contribution in [0.1, 0.15) is 18.4 Å². The molecule has 1 aliphatic carbocycles. The van der Waals surface area contributed by atoms with Crippen LogP contribution in [-0.4, -0.2) is 63.8 Å². The van der Waals surface area contributed by atoms with E-state index in [1.54, 1.807) is 19.2 Å². The maximum Gasteiger partial charge on any atom is 0.191 e. The molecular weight excluding hydrogens is 307 g/mol. The second-order valence-electron chi connectivity index (χ2n) is 6.82. The Kier molecular flexibility index (Phi) is 5.36. The molecule has 1 atom stereocenters. The fourth-order valence-corrected chi connectivity index (χ4v) is 3.26. The number of benzene rings is 1. The topological polar surface area (TPSA) is 48.9 Å². The lowest BCUT2D eigenvalue weighted by Gasteiger charge is -2.30. The van der Waals surface area contributed by atoms with Crippen molar-refractivity contribution in [3.63, 3.8) is 0 Å². The first-order valence-corrected chi connectivity index (χ1v) is 8.63. The third-order valence-electron chi connectivity index (χ3n) is 4.96. The Morgan fingerprint density at radius 1 is 1.38 bits per heavy atom. The summed E-state index contributed by atoms with van der Waals surface area (Å²) >= 11 is 0. The molecule has 1 aromatic carbocycles. The summed E-state index contributed by atoms with van der Waals surface area (Å²) in [5, 5.41) is 6.67. The number of likely N-dealkylation sites (N-methyl/N-ethyl adjacent to an activating group) is 1. The van der Waals surface area contributed by atoms with E-state index < -0.39 is 0 Å². The van der Waals surface area contributed by atoms with E-state index in [4.69, 9.17) is 4.74 Å². The molecule has 0 spiro atoms. The van der Waals surface area contributed by atoms with Crippen molar-refractivity contribution in [3.05, 3.63) is 35.6 Å². The maximum absolute atomic E-state index is 14.1. The number of hydrogen-bond donors (Lipinski definition) is 2. The third-order valence-corrected chi connectivity index (χ3v) is 4.96. The lowest BCUT2D eigenvalue weighted by Crippen LogP contribution is -2.49. The number of halogens is 1. The zero-order valence-corrected chi connectivity index (χ0v) is 14.5. The van der Waals surface area contributed by atoms with Crippen molar-refractivity contribution < 1.29 is 9.13 Å². The smallest absolute Gasteiger partial charge is 0.191 e. The second kappa shape index (κ2) is 7.49. The summed E-state index contributed by atoms with van der Waals surface area (Å²) in [5.74, 6) is 0.632. The lowest BCUT2D eigenvalue weighted by atomic mass is 9.95. The predicted octanol–water partition coefficient (Wildman–Crippen LogP) is 1.35. The van der Waals surface area contributed by atoms with Crippen LogP contribution in [0.4, 0.5) is 4.39 Å². The molecule has 24 heavy (non-hydrogen) atoms. The van der Waals surface area contributed by atoms with Crippen LogP contribution < -0.4 is 10.6 Å². The van der Waals surface area contributed by atoms with Crippen molar-refractivity contribution in [2.24, 2.45) is 4.99 Å². The Labute approximate surface area is 143 Å². The van der Waals surface area contributed by atoms with E-state index in [-0.39, 0.29) is 17.3 Å². The molecule has 2 fully saturated rings. The van der Waals surface area contributed by atoms with Gasteiger partial charge in [-0.3, -0.25) is 4.99 Å². The first-order valence-electron chi connectivity index (χ1n) is 8.63. The summed E-state index contributed by atoms with van der Waals surface area (Å²) < 4.78 is 19.8. The predicted molar refractivity (Wildman–Crippen MR) is 93.9 cm³/mol. The van der Waals surface area contributed by atoms with Crippen LogP contribution in [-0.2, 0) is 10.2 Å². The quantitative estimate of drug-likeness (QED) is 0.630. The highest BCUT2D eigenvalue weighted by Crippen LogP contribution is 2.48. The van der Waals surface area contributed by atoms with E-state index >= 15 is 0 Å². The highest BCUT2D eigenvalue weighted by Gasteiger charge is 2.45. The SMILES string of the molecule is CN=C(NCC1CN(C)CCO1)NCC1(c2ccccc2F)CC1. The molecule has 0 bridgehead atoms. The summed E-state index contributed by atoms with van der Waals surface area (Å²) in [7, 11) is 3.86. The largest absolute Gasteiger partial charge is 0.374 e. The van der Waals surface area contributed by atoms with Crippen LogP contribution >= 0.6 is 0 Å². The number of nitrogens with one attached hydrogen (secondary N) is 2. The van der Waals surface area contributed by atoms with Gasteiger partial charge in [0, 0.05) is 38.6 Å². The molecular formula is C18H27FN4O. The fourth-order valence-electron chi connectivity index (χ4n) is 3.26. The van der Waals surface area contributed by atoms with Gasteiger partial charge in [-0.25, -0.2) is 4.39 Å². The summed E-state index contributed by atoms with van der Waals surface area (Å²) in [6.07, 6.45) is 2.19. The molecule has 1 aliphatic heterocycles. The van der Waals surface area contributed by atoms with Gasteiger partial charge in [-0.15, -0.1) is 0 Å². The van der Waals surface area contributed by atoms with Crippen LogP contribution in [0.25, 0.3) is 0 Å². The van der Waals surface area contributed by atoms with Crippen molar-refractivity contribution in [2.75, 3.05) is 46.9 Å². The standard InChI is InChI=1S/C18H27FN4O/c1-20-17(21-11-14-12-23(2)9-10-24-14)22-13-18(7-8-18)15-5-3-4-6-16(15)19/h3-6,14H,7-13H2,1-2H3,(H2,20,21,22). The Hall–Kier alpha value is -1.66. The Bertz CT molecular complexity index is 588. The molecule has 6 heteroatoms. The normalized spacial score (nSPS) is 23.8. The Balaban J connectivity index is 1.50. The molecule has 1 saturated heterocycles. The molecule has 3 rings (SSSR count). The minimum atomic E-state index is -0.113. The molecule has 1 unspecified atom stereocenters. The van der Waals surface area contributed by atoms with Gasteiger partial charge < -0.3 is 20.3 Å². The maximum atomic E-state index is 14.1. The molecule has 5 nitrogen and oxygen atoms in total. The van der Waals surface area contributed by atoms with E-state index in [0.717, 1.165) is 50.6 Å². The Morgan fingerprint density at radius 2 is 2.17 bits per heavy atom. The average Bonchev–Trinajstić information content (AvgIpc) is 3.36. The van der Waals surface area contributed by atoms with Crippen LogP contribution in [0.2, 0.25) is 0 Å². The summed E-state index contributed by atoms with van der Waals surface area (Å²) in [6, 6.07) is 7.08. The monoisotopic (exact) mass is 334 g/mol. The molecule has 1 saturated carbocycles. The van der Waals surface area contributed by atoms with E-state index in [1.807, 2.05) is 12.1 Å². The van der Waals surface area contributed by atoms with Crippen molar-refractivity contribution in [1.82, 2.24) is 15.5 Å². The molecule has 0 aromatic heterocycles. The van der Waals surface area contributed by atoms with Gasteiger partial charge in [-0.1, -0.05) is 18.2 Å². The Morgan fingerprint density at radius 3 is 2.83 bits per heavy atom. The summed E-state index contributed by atoms with van der Waals surface area (Å²) in [5.41, 5.74) is 0.718. The van der Waals surface area contributed by atoms with E-state index in [1.165, 1.54) is 0 Å². The van der Waals surface area contributed by atoms with Crippen LogP contribution in [0, 0.1) is 5.82 Å². The summed E-state index contributed by atoms with van der Waals surface area (Å²) in [6.45, 7) is 4.08. The summed E-state index contributed by atoms with van der Waals surface area (Å²) in [4.78, 5) is 6.54. The first-order chi connectivity index (χ1) is 11.6. The number of rotatable bonds is 5. The van der Waals surface area contributed by atoms with Gasteiger partial charge in [0.1, 0.15) is 5.82 Å². The van der Waals surface area contributed by atoms with Gasteiger partial charge >= 0.3 is 0 Å². The molecule has 1 heterocycles. The van der Waals surface area contributed by atoms with Gasteiger partial charge in [-0.05, 0) is 31.5 Å². The van der Waals surface area contributed by atoms with Gasteiger partial charge in [0.2, 0.25) is 0 Å². The van der Waals surface area contributed by atoms with Gasteiger partial charge in [-0.2, -0.15) is 0 Å². The van der Waals surface area contributed by atoms with Crippen LogP contribution in [0.3, 0.4) is 0 Å². The first kappa shape index (κ1) is 17.2. The van der Waals surface area contributed by atoms with Crippen molar-refractivity contribution >= 4 is 5.96 Å². The molecule has 0 radical (unpaired) electrons. The number of ether oxygens (including phenoxy) is 1. The van der Waals surface area contributed by atoms with E-state index in [0.29, 0.717) is 6.54 Å². The molecule has 2 aliphatic rings. The number of aliphatic imine (C=N–C) groups is 1. The minimum Gasteiger partial charge on any atom is -0.374 e. The lowest BCUT2D eigenvalue weighted by molar-refractivity contribution is -0.0161.